The molecular weight excluding hydrogens is 956 g/mol. The van der Waals surface area contributed by atoms with Crippen LogP contribution in [-0.4, -0.2) is 20.8 Å². The molecule has 0 radical (unpaired) electrons. The molecule has 370 valence electrons. The van der Waals surface area contributed by atoms with E-state index in [0.717, 1.165) is 49.6 Å². The summed E-state index contributed by atoms with van der Waals surface area (Å²) in [6.45, 7) is 6.20. The highest BCUT2D eigenvalue weighted by molar-refractivity contribution is 6.98. The second kappa shape index (κ2) is 17.9. The third kappa shape index (κ3) is 7.43. The fourth-order valence-electron chi connectivity index (χ4n) is 11.3. The predicted octanol–water partition coefficient (Wildman–Crippen LogP) is 15.0. The topological polar surface area (TPSA) is 54.3 Å². The van der Waals surface area contributed by atoms with Crippen LogP contribution in [0.3, 0.4) is 0 Å². The molecule has 10 aromatic carbocycles. The van der Waals surface area contributed by atoms with Crippen LogP contribution in [0, 0.1) is 6.33 Å². The minimum Gasteiger partial charge on any atom is -0.458 e. The minimum absolute atomic E-state index is 0.0740. The first-order valence-corrected chi connectivity index (χ1v) is 25.7. The zero-order valence-electron chi connectivity index (χ0n) is 52.4. The van der Waals surface area contributed by atoms with Gasteiger partial charge in [0.25, 0.3) is 13.0 Å². The van der Waals surface area contributed by atoms with Crippen LogP contribution in [0.15, 0.2) is 243 Å². The lowest BCUT2D eigenvalue weighted by molar-refractivity contribution is -0.571. The minimum atomic E-state index is -0.608. The van der Waals surface area contributed by atoms with Crippen molar-refractivity contribution in [2.45, 2.75) is 26.2 Å². The van der Waals surface area contributed by atoms with Crippen LogP contribution >= 0.6 is 0 Å². The molecule has 0 amide bonds. The molecule has 2 aliphatic heterocycles. The third-order valence-electron chi connectivity index (χ3n) is 14.9. The Kier molecular flexibility index (Phi) is 8.27. The van der Waals surface area contributed by atoms with E-state index in [0.29, 0.717) is 62.3 Å². The van der Waals surface area contributed by atoms with Crippen molar-refractivity contribution >= 4 is 55.9 Å². The molecule has 3 aromatic heterocycles. The lowest BCUT2D eigenvalue weighted by Gasteiger charge is -2.34. The summed E-state index contributed by atoms with van der Waals surface area (Å²) in [6, 6.07) is 50.3. The maximum Gasteiger partial charge on any atom is 0.269 e. The fraction of sp³-hybridized carbons (Fsp3) is 0.0571. The van der Waals surface area contributed by atoms with Gasteiger partial charge in [-0.2, -0.15) is 0 Å². The van der Waals surface area contributed by atoms with Gasteiger partial charge in [0.15, 0.2) is 0 Å². The van der Waals surface area contributed by atoms with E-state index in [1.54, 1.807) is 21.3 Å². The smallest absolute Gasteiger partial charge is 0.269 e. The van der Waals surface area contributed by atoms with Gasteiger partial charge in [-0.15, -0.1) is 0 Å². The number of aromatic nitrogens is 4. The molecule has 0 bridgehead atoms. The van der Waals surface area contributed by atoms with Crippen LogP contribution in [0.1, 0.15) is 40.0 Å². The van der Waals surface area contributed by atoms with Gasteiger partial charge in [-0.25, -0.2) is 4.98 Å². The summed E-state index contributed by atoms with van der Waals surface area (Å²) in [5.74, 6) is 4.10. The number of fused-ring (bicyclic) bond motifs is 8. The number of para-hydroxylation sites is 5. The number of hydrogen-bond acceptors (Lipinski definition) is 4. The van der Waals surface area contributed by atoms with Crippen LogP contribution in [0.25, 0.3) is 83.4 Å². The van der Waals surface area contributed by atoms with Crippen LogP contribution in [0.5, 0.6) is 34.5 Å². The summed E-state index contributed by atoms with van der Waals surface area (Å²) in [6.07, 6.45) is 5.40. The standard InChI is InChI=1S/C70H49BN4O3/c1-70(2,3)48-37-38-72-66(41-48)75-59-28-13-10-25-53(59)54-34-33-51(43-62(54)75)76-50-24-18-23-49(42-50)73-44-74(61-30-15-14-29-60(61)73)68-55(45-19-6-4-7-20-45)39-47(40-56(68)46-21-8-5-9-22-46)52-35-36-65-67-69(52)78-64-32-17-12-27-58(64)71(67)57-26-11-16-31-63(57)77-65/h4-43H,1-3H3/i4D,5D,6D,7D,8D,9D,19D,20D,21D,22D. The quantitative estimate of drug-likeness (QED) is 0.0865. The molecule has 0 saturated carbocycles. The molecule has 5 heterocycles. The van der Waals surface area contributed by atoms with Gasteiger partial charge < -0.3 is 14.2 Å². The SMILES string of the molecule is [2H]c1c([2H])c([2H])c(-c2cc(-c3ccc4c5c3Oc3ccccc3B5c3ccccc3O4)cc(-c3c([2H])c([2H])c([2H])c([2H])c3[2H])c2-[n+]2[c-]n(-c3cccc(Oc4ccc5c6ccccc6n(-c6cc(C(C)(C)C)ccn6)c5c4)c3)c3ccccc32)c([2H])c1[2H]. The van der Waals surface area contributed by atoms with Crippen molar-refractivity contribution in [3.8, 4) is 85.1 Å². The normalized spacial score (nSPS) is 14.3. The number of benzene rings is 10. The molecule has 78 heavy (non-hydrogen) atoms. The van der Waals surface area contributed by atoms with E-state index in [-0.39, 0.29) is 40.1 Å². The molecule has 0 saturated heterocycles. The molecule has 0 N–H and O–H groups in total. The van der Waals surface area contributed by atoms with Gasteiger partial charge in [0.1, 0.15) is 40.3 Å². The average Bonchev–Trinajstić information content (AvgIpc) is 1.01. The van der Waals surface area contributed by atoms with Crippen LogP contribution < -0.4 is 35.2 Å². The van der Waals surface area contributed by atoms with Crippen LogP contribution in [0.2, 0.25) is 0 Å². The zero-order chi connectivity index (χ0) is 60.8. The maximum absolute atomic E-state index is 9.61. The van der Waals surface area contributed by atoms with Crippen molar-refractivity contribution in [1.29, 1.82) is 0 Å². The largest absolute Gasteiger partial charge is 0.458 e. The van der Waals surface area contributed by atoms with Gasteiger partial charge in [-0.3, -0.25) is 13.7 Å². The summed E-state index contributed by atoms with van der Waals surface area (Å²) < 4.78 is 118. The van der Waals surface area contributed by atoms with Crippen molar-refractivity contribution in [1.82, 2.24) is 14.1 Å². The molecule has 15 rings (SSSR count). The van der Waals surface area contributed by atoms with Gasteiger partial charge in [-0.1, -0.05) is 166 Å². The van der Waals surface area contributed by atoms with E-state index < -0.39 is 60.4 Å². The zero-order valence-corrected chi connectivity index (χ0v) is 42.4. The van der Waals surface area contributed by atoms with E-state index in [1.807, 2.05) is 146 Å². The summed E-state index contributed by atoms with van der Waals surface area (Å²) >= 11 is 0. The van der Waals surface area contributed by atoms with Crippen molar-refractivity contribution in [2.75, 3.05) is 0 Å². The Balaban J connectivity index is 0.955. The maximum atomic E-state index is 9.61. The Morgan fingerprint density at radius 3 is 1.95 bits per heavy atom. The lowest BCUT2D eigenvalue weighted by atomic mass is 9.34. The Labute approximate surface area is 466 Å². The molecular formula is C70H49BN4O3. The lowest BCUT2D eigenvalue weighted by Crippen LogP contribution is -2.57. The molecule has 8 heteroatoms. The highest BCUT2D eigenvalue weighted by atomic mass is 16.5. The van der Waals surface area contributed by atoms with Gasteiger partial charge >= 0.3 is 0 Å². The second-order valence-electron chi connectivity index (χ2n) is 20.5. The van der Waals surface area contributed by atoms with Crippen LogP contribution in [0.4, 0.5) is 0 Å². The van der Waals surface area contributed by atoms with E-state index in [4.69, 9.17) is 27.4 Å². The van der Waals surface area contributed by atoms with Crippen molar-refractivity contribution in [3.63, 3.8) is 0 Å². The Bertz CT molecular complexity index is 5010. The first-order chi connectivity index (χ1) is 42.4. The summed E-state index contributed by atoms with van der Waals surface area (Å²) in [7, 11) is 0. The summed E-state index contributed by atoms with van der Waals surface area (Å²) in [4.78, 5) is 4.86. The number of hydrogen-bond donors (Lipinski definition) is 0. The van der Waals surface area contributed by atoms with Crippen molar-refractivity contribution in [2.24, 2.45) is 0 Å². The number of nitrogens with zero attached hydrogens (tertiary/aromatic N) is 4. The Morgan fingerprint density at radius 2 is 1.21 bits per heavy atom. The van der Waals surface area contributed by atoms with E-state index in [1.165, 1.54) is 0 Å². The summed E-state index contributed by atoms with van der Waals surface area (Å²) in [5, 5.41) is 2.10. The Morgan fingerprint density at radius 1 is 0.551 bits per heavy atom. The molecule has 2 aliphatic rings. The average molecular weight is 1020 g/mol. The van der Waals surface area contributed by atoms with E-state index in [2.05, 4.69) is 55.9 Å². The fourth-order valence-corrected chi connectivity index (χ4v) is 11.3. The summed E-state index contributed by atoms with van der Waals surface area (Å²) in [5.41, 5.74) is 7.94. The number of pyridine rings is 1. The molecule has 7 nitrogen and oxygen atoms in total. The van der Waals surface area contributed by atoms with Gasteiger partial charge in [-0.05, 0) is 135 Å². The second-order valence-corrected chi connectivity index (χ2v) is 20.5. The predicted molar refractivity (Wildman–Crippen MR) is 315 cm³/mol. The van der Waals surface area contributed by atoms with Gasteiger partial charge in [0, 0.05) is 34.1 Å². The molecule has 0 aliphatic carbocycles. The number of imidazole rings is 1. The van der Waals surface area contributed by atoms with Crippen LogP contribution in [-0.2, 0) is 5.41 Å². The van der Waals surface area contributed by atoms with Crippen molar-refractivity contribution in [3.05, 3.63) is 254 Å². The number of ether oxygens (including phenoxy) is 3. The highest BCUT2D eigenvalue weighted by Crippen LogP contribution is 2.45. The highest BCUT2D eigenvalue weighted by Gasteiger charge is 2.41. The van der Waals surface area contributed by atoms with Gasteiger partial charge in [0.2, 0.25) is 0 Å². The van der Waals surface area contributed by atoms with Crippen molar-refractivity contribution < 1.29 is 32.5 Å². The molecule has 13 aromatic rings. The van der Waals surface area contributed by atoms with E-state index in [9.17, 15) is 5.48 Å². The van der Waals surface area contributed by atoms with E-state index >= 15 is 0 Å². The Hall–Kier alpha value is -9.92. The monoisotopic (exact) mass is 1010 g/mol. The first-order valence-electron chi connectivity index (χ1n) is 30.7. The molecule has 0 atom stereocenters. The molecule has 0 spiro atoms. The first kappa shape index (κ1) is 36.1. The molecule has 0 fully saturated rings. The third-order valence-corrected chi connectivity index (χ3v) is 14.9. The molecule has 0 unspecified atom stereocenters. The van der Waals surface area contributed by atoms with Gasteiger partial charge in [0.05, 0.1) is 47.1 Å². The number of rotatable bonds is 8.